The van der Waals surface area contributed by atoms with E-state index in [1.165, 1.54) is 14.2 Å². The number of fused-ring (bicyclic) bond motifs is 4. The first-order chi connectivity index (χ1) is 22.1. The van der Waals surface area contributed by atoms with Crippen molar-refractivity contribution >= 4 is 74.3 Å². The van der Waals surface area contributed by atoms with Crippen molar-refractivity contribution in [3.8, 4) is 5.75 Å². The van der Waals surface area contributed by atoms with E-state index in [1.54, 1.807) is 18.4 Å². The second-order valence-electron chi connectivity index (χ2n) is 9.01. The number of nitrogens with one attached hydrogen (secondary N) is 2. The van der Waals surface area contributed by atoms with Gasteiger partial charge in [-0.25, -0.2) is 9.59 Å². The fourth-order valence-electron chi connectivity index (χ4n) is 4.00. The molecule has 3 aromatic heterocycles. The van der Waals surface area contributed by atoms with Crippen LogP contribution >= 0.6 is 0 Å². The van der Waals surface area contributed by atoms with Gasteiger partial charge >= 0.3 is 11.9 Å². The van der Waals surface area contributed by atoms with Gasteiger partial charge in [0.05, 0.1) is 20.5 Å². The Labute approximate surface area is 272 Å². The van der Waals surface area contributed by atoms with Gasteiger partial charge in [0.1, 0.15) is 29.3 Å². The largest absolute Gasteiger partial charge is 0.488 e. The van der Waals surface area contributed by atoms with Gasteiger partial charge in [0.15, 0.2) is 6.29 Å². The molecule has 10 nitrogen and oxygen atoms in total. The first-order valence-electron chi connectivity index (χ1n) is 14.1. The van der Waals surface area contributed by atoms with Gasteiger partial charge < -0.3 is 38.1 Å². The minimum atomic E-state index is -0.667. The van der Waals surface area contributed by atoms with Gasteiger partial charge in [-0.3, -0.25) is 0 Å². The molecule has 0 aliphatic carbocycles. The lowest BCUT2D eigenvalue weighted by Gasteiger charge is -2.17. The van der Waals surface area contributed by atoms with Gasteiger partial charge in [-0.05, 0) is 69.5 Å². The van der Waals surface area contributed by atoms with Crippen molar-refractivity contribution in [1.82, 2.24) is 9.97 Å². The SMILES string of the molecule is C=C=C=C.CCOC(COc1cccc2[nH]c(C(=O)OC)cc12)OCC.COC(=O)c1cc2c(ccc3ccoc32)[nH]1.[B]B([B])[B]. The molecule has 0 aliphatic heterocycles. The lowest BCUT2D eigenvalue weighted by Crippen LogP contribution is -2.25. The fraction of sp³-hybridized carbons (Fsp3) is 0.250. The number of H-pyrrole nitrogens is 2. The van der Waals surface area contributed by atoms with Crippen LogP contribution in [-0.4, -0.2) is 91.8 Å². The summed E-state index contributed by atoms with van der Waals surface area (Å²) in [6, 6.07) is 14.8. The Bertz CT molecular complexity index is 1750. The van der Waals surface area contributed by atoms with Gasteiger partial charge in [-0.1, -0.05) is 17.5 Å². The highest BCUT2D eigenvalue weighted by Gasteiger charge is 2.15. The van der Waals surface area contributed by atoms with E-state index in [9.17, 15) is 9.59 Å². The van der Waals surface area contributed by atoms with Crippen LogP contribution in [-0.2, 0) is 18.9 Å². The lowest BCUT2D eigenvalue weighted by atomic mass is 9.08. The molecule has 14 heteroatoms. The Morgan fingerprint density at radius 3 is 1.93 bits per heavy atom. The van der Waals surface area contributed by atoms with Crippen LogP contribution in [0.25, 0.3) is 32.8 Å². The number of ether oxygens (including phenoxy) is 5. The number of hydrogen-bond donors (Lipinski definition) is 2. The van der Waals surface area contributed by atoms with Gasteiger partial charge in [0, 0.05) is 70.0 Å². The van der Waals surface area contributed by atoms with Crippen LogP contribution < -0.4 is 4.74 Å². The fourth-order valence-corrected chi connectivity index (χ4v) is 4.00. The van der Waals surface area contributed by atoms with Gasteiger partial charge in [0.2, 0.25) is 0 Å². The molecular weight excluding hydrogens is 584 g/mol. The number of benzene rings is 2. The maximum Gasteiger partial charge on any atom is 0.354 e. The first kappa shape index (κ1) is 37.5. The molecule has 0 saturated heterocycles. The van der Waals surface area contributed by atoms with Crippen LogP contribution in [0.3, 0.4) is 0 Å². The van der Waals surface area contributed by atoms with Crippen LogP contribution in [0.15, 0.2) is 83.8 Å². The normalized spacial score (nSPS) is 9.93. The summed E-state index contributed by atoms with van der Waals surface area (Å²) in [6.45, 7) is 11.5. The third-order valence-electron chi connectivity index (χ3n) is 5.86. The molecule has 3 heterocycles. The number of carbonyl (C=O) groups excluding carboxylic acids is 2. The maximum atomic E-state index is 11.6. The van der Waals surface area contributed by atoms with E-state index >= 15 is 0 Å². The van der Waals surface area contributed by atoms with E-state index in [1.807, 2.05) is 50.2 Å². The van der Waals surface area contributed by atoms with Crippen molar-refractivity contribution in [1.29, 1.82) is 0 Å². The summed E-state index contributed by atoms with van der Waals surface area (Å²) in [6.07, 6.45) is 0.554. The van der Waals surface area contributed by atoms with Gasteiger partial charge in [0.25, 0.3) is 0 Å². The Hall–Kier alpha value is -4.72. The maximum absolute atomic E-state index is 11.6. The second kappa shape index (κ2) is 19.6. The van der Waals surface area contributed by atoms with E-state index < -0.39 is 18.6 Å². The highest BCUT2D eigenvalue weighted by Crippen LogP contribution is 2.28. The number of esters is 2. The number of furan rings is 1. The Morgan fingerprint density at radius 1 is 0.870 bits per heavy atom. The van der Waals surface area contributed by atoms with E-state index in [-0.39, 0.29) is 12.6 Å². The third-order valence-corrected chi connectivity index (χ3v) is 5.86. The zero-order valence-corrected chi connectivity index (χ0v) is 26.4. The molecule has 5 aromatic rings. The van der Waals surface area contributed by atoms with Crippen molar-refractivity contribution in [2.75, 3.05) is 34.0 Å². The van der Waals surface area contributed by atoms with E-state index in [2.05, 4.69) is 62.5 Å². The number of carbonyl (C=O) groups is 2. The average molecular weight is 618 g/mol. The molecule has 0 fully saturated rings. The molecule has 5 rings (SSSR count). The molecule has 232 valence electrons. The minimum Gasteiger partial charge on any atom is -0.488 e. The van der Waals surface area contributed by atoms with Crippen LogP contribution in [0.2, 0.25) is 0 Å². The molecule has 6 radical (unpaired) electrons. The molecule has 0 atom stereocenters. The van der Waals surface area contributed by atoms with Gasteiger partial charge in [-0.2, -0.15) is 0 Å². The van der Waals surface area contributed by atoms with Crippen molar-refractivity contribution in [2.24, 2.45) is 0 Å². The summed E-state index contributed by atoms with van der Waals surface area (Å²) < 4.78 is 31.4. The van der Waals surface area contributed by atoms with Crippen molar-refractivity contribution in [3.05, 3.63) is 90.8 Å². The lowest BCUT2D eigenvalue weighted by molar-refractivity contribution is -0.152. The summed E-state index contributed by atoms with van der Waals surface area (Å²) in [5.74, 6) is -0.132. The average Bonchev–Trinajstić information content (AvgIpc) is 3.81. The highest BCUT2D eigenvalue weighted by atomic mass is 16.7. The Balaban J connectivity index is 0.000000267. The second-order valence-corrected chi connectivity index (χ2v) is 9.01. The molecule has 46 heavy (non-hydrogen) atoms. The summed E-state index contributed by atoms with van der Waals surface area (Å²) in [4.78, 5) is 29.0. The summed E-state index contributed by atoms with van der Waals surface area (Å²) in [5.41, 5.74) is 7.91. The number of hydrogen-bond acceptors (Lipinski definition) is 8. The smallest absolute Gasteiger partial charge is 0.354 e. The molecule has 0 saturated carbocycles. The summed E-state index contributed by atoms with van der Waals surface area (Å²) in [5, 5.41) is 2.72. The van der Waals surface area contributed by atoms with Crippen molar-refractivity contribution < 1.29 is 37.7 Å². The van der Waals surface area contributed by atoms with Crippen molar-refractivity contribution in [2.45, 2.75) is 20.1 Å². The zero-order valence-electron chi connectivity index (χ0n) is 26.4. The van der Waals surface area contributed by atoms with Crippen LogP contribution in [0.1, 0.15) is 34.8 Å². The molecule has 0 spiro atoms. The summed E-state index contributed by atoms with van der Waals surface area (Å²) >= 11 is 0. The molecule has 0 bridgehead atoms. The summed E-state index contributed by atoms with van der Waals surface area (Å²) in [7, 11) is 16.7. The third kappa shape index (κ3) is 11.0. The van der Waals surface area contributed by atoms with E-state index in [0.29, 0.717) is 30.4 Å². The molecule has 2 N–H and O–H groups in total. The zero-order chi connectivity index (χ0) is 34.1. The van der Waals surface area contributed by atoms with Crippen LogP contribution in [0.4, 0.5) is 0 Å². The first-order valence-corrected chi connectivity index (χ1v) is 14.1. The van der Waals surface area contributed by atoms with E-state index in [4.69, 9.17) is 23.4 Å². The van der Waals surface area contributed by atoms with Crippen molar-refractivity contribution in [3.63, 3.8) is 0 Å². The predicted octanol–water partition coefficient (Wildman–Crippen LogP) is 5.02. The molecule has 0 amide bonds. The highest BCUT2D eigenvalue weighted by molar-refractivity contribution is 7.49. The number of methoxy groups -OCH3 is 2. The molecule has 0 aliphatic rings. The Morgan fingerprint density at radius 2 is 1.41 bits per heavy atom. The minimum absolute atomic E-state index is 0.277. The number of aromatic nitrogens is 2. The van der Waals surface area contributed by atoms with Crippen LogP contribution in [0.5, 0.6) is 5.75 Å². The quantitative estimate of drug-likeness (QED) is 0.102. The topological polar surface area (TPSA) is 125 Å². The number of rotatable bonds is 9. The van der Waals surface area contributed by atoms with Crippen LogP contribution in [0, 0.1) is 0 Å². The number of aromatic amines is 2. The molecule has 2 aromatic carbocycles. The molecular formula is C32H34B4N2O8. The molecule has 0 unspecified atom stereocenters. The standard InChI is InChI=1S/C16H21NO5.C12H9NO3.C4H4.B4/c1-4-20-15(21-5-2)10-22-14-8-6-7-12-11(14)9-13(17-12)16(18)19-3;1-15-12(14)10-6-8-9(13-10)3-2-7-4-5-16-11(7)8;1-3-4-2;1-4(2)3/h6-9,15,17H,4-5,10H2,1-3H3;2-6,13H,1H3;1-2H2;. The Kier molecular flexibility index (Phi) is 16.0. The van der Waals surface area contributed by atoms with E-state index in [0.717, 1.165) is 32.8 Å². The predicted molar refractivity (Wildman–Crippen MR) is 183 cm³/mol. The monoisotopic (exact) mass is 618 g/mol. The van der Waals surface area contributed by atoms with Gasteiger partial charge in [-0.15, -0.1) is 0 Å².